The summed E-state index contributed by atoms with van der Waals surface area (Å²) in [5.74, 6) is 0. The number of nitrogens with zero attached hydrogens (tertiary/aromatic N) is 2. The van der Waals surface area contributed by atoms with Gasteiger partial charge in [0, 0.05) is 13.1 Å². The first-order chi connectivity index (χ1) is 24.5. The third kappa shape index (κ3) is 16.3. The van der Waals surface area contributed by atoms with Crippen molar-refractivity contribution in [1.29, 1.82) is 0 Å². The van der Waals surface area contributed by atoms with Crippen molar-refractivity contribution >= 4 is 47.0 Å². The van der Waals surface area contributed by atoms with Crippen LogP contribution in [0.1, 0.15) is 207 Å². The van der Waals surface area contributed by atoms with E-state index in [2.05, 4.69) is 27.7 Å². The molecule has 0 saturated heterocycles. The number of thioether (sulfide) groups is 4. The second-order valence-electron chi connectivity index (χ2n) is 14.8. The minimum Gasteiger partial charge on any atom is -0.287 e. The summed E-state index contributed by atoms with van der Waals surface area (Å²) >= 11 is 6.90. The first kappa shape index (κ1) is 44.0. The van der Waals surface area contributed by atoms with Crippen molar-refractivity contribution in [1.82, 2.24) is 9.13 Å². The summed E-state index contributed by atoms with van der Waals surface area (Å²) in [5, 5.41) is 0.891. The van der Waals surface area contributed by atoms with Gasteiger partial charge in [-0.05, 0) is 36.5 Å². The normalized spacial score (nSPS) is 14.5. The fourth-order valence-corrected chi connectivity index (χ4v) is 12.4. The van der Waals surface area contributed by atoms with Crippen molar-refractivity contribution in [2.24, 2.45) is 0 Å². The number of unbranched alkanes of at least 4 members (excludes halogenated alkanes) is 26. The van der Waals surface area contributed by atoms with E-state index in [4.69, 9.17) is 0 Å². The SMILES string of the molecule is CCCCCCCCCCCCCCCCn1c2c(c(=O)n(CCCCCCCCCCCCCCCC)c1=O)SC(=C1SC(C)=C(C)S1)S2. The zero-order valence-electron chi connectivity index (χ0n) is 32.6. The molecule has 0 aliphatic carbocycles. The van der Waals surface area contributed by atoms with E-state index in [0.717, 1.165) is 35.6 Å². The van der Waals surface area contributed by atoms with Crippen molar-refractivity contribution in [3.8, 4) is 0 Å². The van der Waals surface area contributed by atoms with Gasteiger partial charge in [0.05, 0.1) is 8.47 Å². The highest BCUT2D eigenvalue weighted by Gasteiger charge is 2.31. The molecule has 3 rings (SSSR count). The zero-order valence-corrected chi connectivity index (χ0v) is 35.8. The Morgan fingerprint density at radius 3 is 1.10 bits per heavy atom. The second kappa shape index (κ2) is 27.2. The van der Waals surface area contributed by atoms with Crippen molar-refractivity contribution in [3.05, 3.63) is 39.1 Å². The van der Waals surface area contributed by atoms with E-state index < -0.39 is 0 Å². The van der Waals surface area contributed by atoms with Gasteiger partial charge in [0.1, 0.15) is 9.92 Å². The molecule has 2 aliphatic heterocycles. The van der Waals surface area contributed by atoms with Crippen LogP contribution in [-0.2, 0) is 13.1 Å². The molecule has 50 heavy (non-hydrogen) atoms. The lowest BCUT2D eigenvalue weighted by atomic mass is 10.0. The number of fused-ring (bicyclic) bond motifs is 1. The quantitative estimate of drug-likeness (QED) is 0.0574. The van der Waals surface area contributed by atoms with Crippen molar-refractivity contribution in [3.63, 3.8) is 0 Å². The molecule has 4 nitrogen and oxygen atoms in total. The summed E-state index contributed by atoms with van der Waals surface area (Å²) < 4.78 is 5.98. The molecule has 1 aromatic heterocycles. The Labute approximate surface area is 324 Å². The molecule has 1 aromatic rings. The average molecular weight is 765 g/mol. The van der Waals surface area contributed by atoms with E-state index in [1.807, 2.05) is 28.1 Å². The molecule has 0 atom stereocenters. The van der Waals surface area contributed by atoms with Crippen LogP contribution in [0.3, 0.4) is 0 Å². The van der Waals surface area contributed by atoms with E-state index in [9.17, 15) is 9.59 Å². The molecule has 0 fully saturated rings. The smallest absolute Gasteiger partial charge is 0.287 e. The van der Waals surface area contributed by atoms with Crippen LogP contribution >= 0.6 is 47.0 Å². The van der Waals surface area contributed by atoms with Crippen LogP contribution in [0.15, 0.2) is 37.8 Å². The van der Waals surface area contributed by atoms with Gasteiger partial charge in [0.15, 0.2) is 0 Å². The predicted molar refractivity (Wildman–Crippen MR) is 228 cm³/mol. The summed E-state index contributed by atoms with van der Waals surface area (Å²) in [5.41, 5.74) is -0.158. The van der Waals surface area contributed by atoms with Gasteiger partial charge in [-0.25, -0.2) is 4.79 Å². The molecule has 0 aromatic carbocycles. The Morgan fingerprint density at radius 2 is 0.720 bits per heavy atom. The number of aromatic nitrogens is 2. The molecular weight excluding hydrogens is 693 g/mol. The van der Waals surface area contributed by atoms with Gasteiger partial charge >= 0.3 is 5.69 Å². The van der Waals surface area contributed by atoms with Crippen LogP contribution < -0.4 is 11.2 Å². The Hall–Kier alpha value is -0.440. The minimum atomic E-state index is -0.0882. The summed E-state index contributed by atoms with van der Waals surface area (Å²) in [6.07, 6.45) is 36.8. The average Bonchev–Trinajstić information content (AvgIpc) is 3.70. The molecule has 0 amide bonds. The molecule has 286 valence electrons. The topological polar surface area (TPSA) is 44.0 Å². The fourth-order valence-electron chi connectivity index (χ4n) is 6.98. The van der Waals surface area contributed by atoms with Crippen LogP contribution in [-0.4, -0.2) is 9.13 Å². The minimum absolute atomic E-state index is 0.0700. The number of hydrogen-bond acceptors (Lipinski definition) is 6. The van der Waals surface area contributed by atoms with E-state index in [1.54, 1.807) is 28.1 Å². The van der Waals surface area contributed by atoms with Crippen molar-refractivity contribution < 1.29 is 0 Å². The number of allylic oxidation sites excluding steroid dienone is 2. The highest BCUT2D eigenvalue weighted by Crippen LogP contribution is 2.59. The Kier molecular flexibility index (Phi) is 23.9. The largest absolute Gasteiger partial charge is 0.331 e. The zero-order chi connectivity index (χ0) is 35.8. The molecule has 0 bridgehead atoms. The molecule has 0 unspecified atom stereocenters. The lowest BCUT2D eigenvalue weighted by molar-refractivity contribution is 0.452. The molecule has 0 spiro atoms. The summed E-state index contributed by atoms with van der Waals surface area (Å²) in [4.78, 5) is 31.1. The summed E-state index contributed by atoms with van der Waals surface area (Å²) in [6, 6.07) is 0. The van der Waals surface area contributed by atoms with Crippen LogP contribution in [0.2, 0.25) is 0 Å². The van der Waals surface area contributed by atoms with Crippen LogP contribution in [0.4, 0.5) is 0 Å². The van der Waals surface area contributed by atoms with Crippen molar-refractivity contribution in [2.45, 2.75) is 230 Å². The van der Waals surface area contributed by atoms with E-state index in [-0.39, 0.29) is 11.2 Å². The molecule has 0 N–H and O–H groups in total. The van der Waals surface area contributed by atoms with E-state index >= 15 is 0 Å². The van der Waals surface area contributed by atoms with Gasteiger partial charge in [-0.2, -0.15) is 0 Å². The van der Waals surface area contributed by atoms with Crippen LogP contribution in [0, 0.1) is 0 Å². The molecule has 0 radical (unpaired) electrons. The van der Waals surface area contributed by atoms with Gasteiger partial charge in [-0.3, -0.25) is 13.9 Å². The van der Waals surface area contributed by atoms with Gasteiger partial charge in [-0.15, -0.1) is 0 Å². The van der Waals surface area contributed by atoms with Gasteiger partial charge in [-0.1, -0.05) is 228 Å². The van der Waals surface area contributed by atoms with Crippen LogP contribution in [0.25, 0.3) is 0 Å². The fraction of sp³-hybridized carbons (Fsp3) is 0.810. The summed E-state index contributed by atoms with van der Waals surface area (Å²) in [7, 11) is 0. The predicted octanol–water partition coefficient (Wildman–Crippen LogP) is 15.0. The highest BCUT2D eigenvalue weighted by atomic mass is 32.2. The molecule has 8 heteroatoms. The standard InChI is InChI=1S/C42H72N2O2S4/c1-5-7-9-11-13-15-17-19-21-23-25-27-29-31-33-43-38(45)37-39(50-41(49-37)40-47-35(3)36(4)48-40)44(42(43)46)34-32-30-28-26-24-22-20-18-16-14-12-10-8-6-2/h5-34H2,1-4H3. The van der Waals surface area contributed by atoms with Crippen LogP contribution in [0.5, 0.6) is 0 Å². The monoisotopic (exact) mass is 764 g/mol. The Morgan fingerprint density at radius 1 is 0.400 bits per heavy atom. The van der Waals surface area contributed by atoms with E-state index in [0.29, 0.717) is 13.1 Å². The molecule has 2 aliphatic rings. The van der Waals surface area contributed by atoms with Gasteiger partial charge in [0.2, 0.25) is 0 Å². The first-order valence-electron chi connectivity index (χ1n) is 21.0. The first-order valence-corrected chi connectivity index (χ1v) is 24.2. The van der Waals surface area contributed by atoms with Gasteiger partial charge < -0.3 is 0 Å². The molecule has 0 saturated carbocycles. The van der Waals surface area contributed by atoms with Gasteiger partial charge in [0.25, 0.3) is 5.56 Å². The Bertz CT molecular complexity index is 1270. The van der Waals surface area contributed by atoms with Crippen molar-refractivity contribution in [2.75, 3.05) is 0 Å². The molecule has 3 heterocycles. The number of rotatable bonds is 30. The lowest BCUT2D eigenvalue weighted by Crippen LogP contribution is -2.41. The Balaban J connectivity index is 1.43. The third-order valence-electron chi connectivity index (χ3n) is 10.3. The number of hydrogen-bond donors (Lipinski definition) is 0. The molecular formula is C42H72N2O2S4. The third-order valence-corrected chi connectivity index (χ3v) is 16.1. The summed E-state index contributed by atoms with van der Waals surface area (Å²) in [6.45, 7) is 10.2. The lowest BCUT2D eigenvalue weighted by Gasteiger charge is -2.14. The maximum absolute atomic E-state index is 13.9. The maximum atomic E-state index is 13.9. The maximum Gasteiger partial charge on any atom is 0.331 e. The second-order valence-corrected chi connectivity index (χ2v) is 19.8. The van der Waals surface area contributed by atoms with E-state index in [1.165, 1.54) is 172 Å². The highest BCUT2D eigenvalue weighted by molar-refractivity contribution is 8.32.